The minimum atomic E-state index is -0.284. The number of pyridine rings is 1. The molecule has 5 nitrogen and oxygen atoms in total. The lowest BCUT2D eigenvalue weighted by Crippen LogP contribution is -2.41. The first-order valence-electron chi connectivity index (χ1n) is 7.08. The first-order chi connectivity index (χ1) is 10.7. The van der Waals surface area contributed by atoms with E-state index in [4.69, 9.17) is 0 Å². The summed E-state index contributed by atoms with van der Waals surface area (Å²) in [5.41, 5.74) is 2.89. The topological polar surface area (TPSA) is 66.1 Å². The Hall–Kier alpha value is -2.95. The Morgan fingerprint density at radius 1 is 1.09 bits per heavy atom. The highest BCUT2D eigenvalue weighted by atomic mass is 16.2. The fourth-order valence-electron chi connectivity index (χ4n) is 2.87. The number of nitrogens with zero attached hydrogens (tertiary/aromatic N) is 2. The molecular weight excluding hydrogens is 278 g/mol. The molecule has 0 radical (unpaired) electrons. The number of para-hydroxylation sites is 1. The van der Waals surface area contributed by atoms with E-state index in [0.29, 0.717) is 11.4 Å². The molecule has 2 amide bonds. The Labute approximate surface area is 126 Å². The number of hydrogen-bond donors (Lipinski definition) is 1. The summed E-state index contributed by atoms with van der Waals surface area (Å²) in [5, 5.41) is 0.941. The molecule has 1 aliphatic heterocycles. The van der Waals surface area contributed by atoms with E-state index in [0.717, 1.165) is 16.5 Å². The number of imide groups is 1. The third-order valence-corrected chi connectivity index (χ3v) is 3.95. The third-order valence-electron chi connectivity index (χ3n) is 3.95. The number of hydrogen-bond acceptors (Lipinski definition) is 3. The van der Waals surface area contributed by atoms with E-state index in [1.807, 2.05) is 30.3 Å². The van der Waals surface area contributed by atoms with Crippen LogP contribution in [0, 0.1) is 0 Å². The molecule has 0 unspecified atom stereocenters. The first kappa shape index (κ1) is 12.8. The van der Waals surface area contributed by atoms with Crippen LogP contribution in [-0.2, 0) is 17.8 Å². The van der Waals surface area contributed by atoms with Crippen molar-refractivity contribution in [2.45, 2.75) is 13.0 Å². The van der Waals surface area contributed by atoms with E-state index in [2.05, 4.69) is 9.97 Å². The lowest BCUT2D eigenvalue weighted by Gasteiger charge is -2.24. The van der Waals surface area contributed by atoms with Gasteiger partial charge in [-0.1, -0.05) is 24.3 Å². The Morgan fingerprint density at radius 3 is 2.73 bits per heavy atom. The van der Waals surface area contributed by atoms with Gasteiger partial charge in [0, 0.05) is 17.1 Å². The number of carbonyl (C=O) groups is 2. The molecule has 0 aliphatic carbocycles. The summed E-state index contributed by atoms with van der Waals surface area (Å²) in [6.07, 6.45) is 1.89. The highest BCUT2D eigenvalue weighted by molar-refractivity contribution is 6.12. The second-order valence-corrected chi connectivity index (χ2v) is 5.31. The van der Waals surface area contributed by atoms with Crippen LogP contribution in [0.25, 0.3) is 10.9 Å². The lowest BCUT2D eigenvalue weighted by atomic mass is 10.0. The van der Waals surface area contributed by atoms with Gasteiger partial charge in [0.1, 0.15) is 5.69 Å². The maximum atomic E-state index is 12.6. The van der Waals surface area contributed by atoms with Crippen LogP contribution in [0.1, 0.15) is 21.7 Å². The summed E-state index contributed by atoms with van der Waals surface area (Å²) in [6, 6.07) is 13.1. The number of amides is 2. The molecule has 0 fully saturated rings. The van der Waals surface area contributed by atoms with Crippen molar-refractivity contribution < 1.29 is 9.59 Å². The van der Waals surface area contributed by atoms with E-state index in [1.54, 1.807) is 18.3 Å². The smallest absolute Gasteiger partial charge is 0.277 e. The number of aromatic amines is 1. The summed E-state index contributed by atoms with van der Waals surface area (Å²) in [5.74, 6) is -0.471. The van der Waals surface area contributed by atoms with Crippen molar-refractivity contribution >= 4 is 22.7 Å². The van der Waals surface area contributed by atoms with Gasteiger partial charge in [-0.15, -0.1) is 0 Å². The minimum absolute atomic E-state index is 0.187. The van der Waals surface area contributed by atoms with Gasteiger partial charge < -0.3 is 4.98 Å². The Kier molecular flexibility index (Phi) is 2.79. The van der Waals surface area contributed by atoms with Gasteiger partial charge in [-0.2, -0.15) is 0 Å². The summed E-state index contributed by atoms with van der Waals surface area (Å²) < 4.78 is 0. The SMILES string of the molecule is O=C1Cc2c([nH]c3ccccc23)C(=O)N1Cc1ccccn1. The van der Waals surface area contributed by atoms with Crippen LogP contribution >= 0.6 is 0 Å². The molecule has 1 aromatic carbocycles. The molecule has 1 N–H and O–H groups in total. The summed E-state index contributed by atoms with van der Waals surface area (Å²) in [6.45, 7) is 0.202. The van der Waals surface area contributed by atoms with Gasteiger partial charge in [0.25, 0.3) is 5.91 Å². The molecule has 2 aromatic heterocycles. The molecule has 1 aliphatic rings. The molecule has 0 bridgehead atoms. The van der Waals surface area contributed by atoms with E-state index >= 15 is 0 Å². The number of fused-ring (bicyclic) bond motifs is 3. The number of carbonyl (C=O) groups excluding carboxylic acids is 2. The summed E-state index contributed by atoms with van der Waals surface area (Å²) in [4.78, 5) is 33.6. The molecule has 3 heterocycles. The van der Waals surface area contributed by atoms with Crippen LogP contribution in [0.5, 0.6) is 0 Å². The van der Waals surface area contributed by atoms with Crippen LogP contribution < -0.4 is 0 Å². The quantitative estimate of drug-likeness (QED) is 0.737. The normalized spacial score (nSPS) is 14.5. The maximum Gasteiger partial charge on any atom is 0.277 e. The van der Waals surface area contributed by atoms with Crippen LogP contribution in [0.2, 0.25) is 0 Å². The van der Waals surface area contributed by atoms with Gasteiger partial charge in [0.2, 0.25) is 5.91 Å². The van der Waals surface area contributed by atoms with Crippen LogP contribution in [0.4, 0.5) is 0 Å². The van der Waals surface area contributed by atoms with Crippen molar-refractivity contribution in [3.8, 4) is 0 Å². The Balaban J connectivity index is 1.75. The zero-order chi connectivity index (χ0) is 15.1. The van der Waals surface area contributed by atoms with Crippen molar-refractivity contribution in [2.75, 3.05) is 0 Å². The van der Waals surface area contributed by atoms with Crippen LogP contribution in [-0.4, -0.2) is 26.7 Å². The van der Waals surface area contributed by atoms with Gasteiger partial charge in [0.05, 0.1) is 18.7 Å². The van der Waals surface area contributed by atoms with Gasteiger partial charge in [-0.25, -0.2) is 0 Å². The number of benzene rings is 1. The van der Waals surface area contributed by atoms with Crippen molar-refractivity contribution in [1.29, 1.82) is 0 Å². The average Bonchev–Trinajstić information content (AvgIpc) is 2.91. The molecule has 108 valence electrons. The molecule has 5 heteroatoms. The summed E-state index contributed by atoms with van der Waals surface area (Å²) in [7, 11) is 0. The van der Waals surface area contributed by atoms with E-state index < -0.39 is 0 Å². The van der Waals surface area contributed by atoms with Crippen LogP contribution in [0.15, 0.2) is 48.7 Å². The lowest BCUT2D eigenvalue weighted by molar-refractivity contribution is -0.128. The molecule has 0 saturated heterocycles. The Morgan fingerprint density at radius 2 is 1.91 bits per heavy atom. The van der Waals surface area contributed by atoms with Gasteiger partial charge in [0.15, 0.2) is 0 Å². The number of rotatable bonds is 2. The van der Waals surface area contributed by atoms with Crippen molar-refractivity contribution in [3.63, 3.8) is 0 Å². The fourth-order valence-corrected chi connectivity index (χ4v) is 2.87. The molecule has 3 aromatic rings. The predicted molar refractivity (Wildman–Crippen MR) is 81.1 cm³/mol. The number of aromatic nitrogens is 2. The van der Waals surface area contributed by atoms with Crippen molar-refractivity contribution in [2.24, 2.45) is 0 Å². The highest BCUT2D eigenvalue weighted by Gasteiger charge is 2.33. The third kappa shape index (κ3) is 1.90. The van der Waals surface area contributed by atoms with Crippen molar-refractivity contribution in [1.82, 2.24) is 14.9 Å². The summed E-state index contributed by atoms with van der Waals surface area (Å²) >= 11 is 0. The van der Waals surface area contributed by atoms with Crippen LogP contribution in [0.3, 0.4) is 0 Å². The minimum Gasteiger partial charge on any atom is -0.350 e. The second-order valence-electron chi connectivity index (χ2n) is 5.31. The fraction of sp³-hybridized carbons (Fsp3) is 0.118. The van der Waals surface area contributed by atoms with Crippen molar-refractivity contribution in [3.05, 3.63) is 65.6 Å². The highest BCUT2D eigenvalue weighted by Crippen LogP contribution is 2.28. The van der Waals surface area contributed by atoms with Gasteiger partial charge in [-0.05, 0) is 23.8 Å². The standard InChI is InChI=1S/C17H13N3O2/c21-15-9-13-12-6-1-2-7-14(12)19-16(13)17(22)20(15)10-11-5-3-4-8-18-11/h1-8,19H,9-10H2. The largest absolute Gasteiger partial charge is 0.350 e. The molecule has 0 atom stereocenters. The monoisotopic (exact) mass is 291 g/mol. The Bertz CT molecular complexity index is 883. The predicted octanol–water partition coefficient (Wildman–Crippen LogP) is 2.29. The average molecular weight is 291 g/mol. The molecular formula is C17H13N3O2. The van der Waals surface area contributed by atoms with E-state index in [9.17, 15) is 9.59 Å². The molecule has 0 spiro atoms. The molecule has 0 saturated carbocycles. The molecule has 22 heavy (non-hydrogen) atoms. The van der Waals surface area contributed by atoms with E-state index in [-0.39, 0.29) is 24.8 Å². The number of nitrogens with one attached hydrogen (secondary N) is 1. The van der Waals surface area contributed by atoms with Gasteiger partial charge in [-0.3, -0.25) is 19.5 Å². The molecule has 4 rings (SSSR count). The van der Waals surface area contributed by atoms with E-state index in [1.165, 1.54) is 4.90 Å². The first-order valence-corrected chi connectivity index (χ1v) is 7.08. The van der Waals surface area contributed by atoms with Gasteiger partial charge >= 0.3 is 0 Å². The zero-order valence-electron chi connectivity index (χ0n) is 11.7. The maximum absolute atomic E-state index is 12.6. The second kappa shape index (κ2) is 4.80. The number of H-pyrrole nitrogens is 1. The zero-order valence-corrected chi connectivity index (χ0v) is 11.7.